The number of hydrogen-bond acceptors (Lipinski definition) is 10. The van der Waals surface area contributed by atoms with Crippen molar-refractivity contribution in [1.82, 2.24) is 5.32 Å². The highest BCUT2D eigenvalue weighted by molar-refractivity contribution is 5.80. The fourth-order valence-electron chi connectivity index (χ4n) is 8.73. The van der Waals surface area contributed by atoms with Crippen LogP contribution in [-0.4, -0.2) is 99.6 Å². The Hall–Kier alpha value is -2.64. The number of aliphatic hydroxyl groups excluding tert-OH is 5. The molecule has 1 aliphatic rings. The first-order valence-corrected chi connectivity index (χ1v) is 29.1. The molecule has 0 radical (unpaired) electrons. The van der Waals surface area contributed by atoms with Crippen LogP contribution in [0.25, 0.3) is 0 Å². The Morgan fingerprint density at radius 1 is 0.563 bits per heavy atom. The van der Waals surface area contributed by atoms with Crippen LogP contribution in [0.4, 0.5) is 0 Å². The second-order valence-corrected chi connectivity index (χ2v) is 20.0. The summed E-state index contributed by atoms with van der Waals surface area (Å²) in [6.07, 6.45) is 48.3. The van der Waals surface area contributed by atoms with E-state index < -0.39 is 67.4 Å². The van der Waals surface area contributed by atoms with E-state index in [-0.39, 0.29) is 19.4 Å². The molecule has 11 nitrogen and oxygen atoms in total. The lowest BCUT2D eigenvalue weighted by Crippen LogP contribution is -2.61. The monoisotopic (exact) mass is 1000 g/mol. The van der Waals surface area contributed by atoms with Gasteiger partial charge in [0.2, 0.25) is 5.91 Å². The Morgan fingerprint density at radius 2 is 1.01 bits per heavy atom. The number of allylic oxidation sites excluding steroid dienone is 9. The summed E-state index contributed by atoms with van der Waals surface area (Å²) < 4.78 is 17.6. The Morgan fingerprint density at radius 3 is 1.55 bits per heavy atom. The van der Waals surface area contributed by atoms with Gasteiger partial charge in [0, 0.05) is 6.42 Å². The molecule has 6 N–H and O–H groups in total. The van der Waals surface area contributed by atoms with Crippen LogP contribution in [-0.2, 0) is 23.8 Å². The number of aliphatic hydroxyl groups is 5. The molecule has 1 rings (SSSR count). The molecule has 8 atom stereocenters. The molecule has 1 saturated heterocycles. The number of rotatable bonds is 48. The minimum atomic E-state index is -1.62. The zero-order valence-corrected chi connectivity index (χ0v) is 45.3. The minimum Gasteiger partial charge on any atom is -0.454 e. The molecule has 0 bridgehead atoms. The van der Waals surface area contributed by atoms with Crippen LogP contribution < -0.4 is 5.32 Å². The first kappa shape index (κ1) is 66.4. The first-order valence-electron chi connectivity index (χ1n) is 29.1. The van der Waals surface area contributed by atoms with Crippen LogP contribution in [0.5, 0.6) is 0 Å². The summed E-state index contributed by atoms with van der Waals surface area (Å²) in [5.74, 6) is -1.22. The molecule has 1 aliphatic heterocycles. The van der Waals surface area contributed by atoms with Crippen LogP contribution in [0, 0.1) is 0 Å². The second kappa shape index (κ2) is 48.3. The Bertz CT molecular complexity index is 1380. The summed E-state index contributed by atoms with van der Waals surface area (Å²) in [4.78, 5) is 26.4. The van der Waals surface area contributed by atoms with Crippen LogP contribution in [0.3, 0.4) is 0 Å². The molecular formula is C60H107NO10. The van der Waals surface area contributed by atoms with E-state index in [1.807, 2.05) is 6.08 Å². The summed E-state index contributed by atoms with van der Waals surface area (Å²) in [6.45, 7) is 5.70. The zero-order valence-electron chi connectivity index (χ0n) is 45.3. The van der Waals surface area contributed by atoms with Gasteiger partial charge in [-0.3, -0.25) is 9.59 Å². The van der Waals surface area contributed by atoms with Crippen LogP contribution >= 0.6 is 0 Å². The van der Waals surface area contributed by atoms with Crippen molar-refractivity contribution in [1.29, 1.82) is 0 Å². The lowest BCUT2D eigenvalue weighted by atomic mass is 9.99. The van der Waals surface area contributed by atoms with Crippen molar-refractivity contribution in [3.63, 3.8) is 0 Å². The van der Waals surface area contributed by atoms with Gasteiger partial charge in [-0.25, -0.2) is 0 Å². The zero-order chi connectivity index (χ0) is 51.8. The molecule has 0 aliphatic carbocycles. The number of ether oxygens (including phenoxy) is 3. The molecule has 412 valence electrons. The topological polar surface area (TPSA) is 175 Å². The number of amides is 1. The number of carbonyl (C=O) groups excluding carboxylic acids is 2. The molecule has 71 heavy (non-hydrogen) atoms. The van der Waals surface area contributed by atoms with Crippen molar-refractivity contribution in [3.8, 4) is 0 Å². The summed E-state index contributed by atoms with van der Waals surface area (Å²) in [7, 11) is 0. The lowest BCUT2D eigenvalue weighted by molar-refractivity contribution is -0.305. The van der Waals surface area contributed by atoms with E-state index >= 15 is 0 Å². The van der Waals surface area contributed by atoms with Crippen LogP contribution in [0.1, 0.15) is 245 Å². The summed E-state index contributed by atoms with van der Waals surface area (Å²) >= 11 is 0. The highest BCUT2D eigenvalue weighted by Gasteiger charge is 2.47. The number of nitrogens with one attached hydrogen (secondary N) is 1. The van der Waals surface area contributed by atoms with Gasteiger partial charge in [-0.1, -0.05) is 216 Å². The highest BCUT2D eigenvalue weighted by atomic mass is 16.7. The average Bonchev–Trinajstić information content (AvgIpc) is 3.37. The largest absolute Gasteiger partial charge is 0.454 e. The lowest BCUT2D eigenvalue weighted by Gasteiger charge is -2.41. The van der Waals surface area contributed by atoms with Crippen LogP contribution in [0.15, 0.2) is 60.8 Å². The van der Waals surface area contributed by atoms with Gasteiger partial charge in [0.05, 0.1) is 25.4 Å². The molecule has 0 saturated carbocycles. The van der Waals surface area contributed by atoms with E-state index in [1.54, 1.807) is 6.08 Å². The van der Waals surface area contributed by atoms with Gasteiger partial charge in [-0.05, 0) is 83.5 Å². The molecule has 1 heterocycles. The maximum Gasteiger partial charge on any atom is 0.306 e. The normalized spacial score (nSPS) is 20.0. The van der Waals surface area contributed by atoms with Crippen molar-refractivity contribution in [2.24, 2.45) is 0 Å². The number of carbonyl (C=O) groups is 2. The predicted octanol–water partition coefficient (Wildman–Crippen LogP) is 13.1. The predicted molar refractivity (Wildman–Crippen MR) is 292 cm³/mol. The standard InChI is InChI=1S/C60H107NO10/c1-4-7-10-13-16-19-22-24-26-28-29-32-35-38-41-44-47-53(64)59(68)61-51(52(63)46-43-40-37-34-31-21-18-15-12-9-6-3)50-69-60-58(57(67)56(66)54(49-62)70-60)71-55(65)48-45-42-39-36-33-30-27-25-23-20-17-14-11-8-5-2/h16-17,19-20,23-26,43,46,51-54,56-58,60,62-64,66-67H,4-15,18,21-22,27-42,44-45,47-50H2,1-3H3,(H,61,68)/b19-16-,20-17+,25-23+,26-24-,46-43+. The fourth-order valence-corrected chi connectivity index (χ4v) is 8.73. The van der Waals surface area contributed by atoms with E-state index in [9.17, 15) is 35.1 Å². The highest BCUT2D eigenvalue weighted by Crippen LogP contribution is 2.26. The van der Waals surface area contributed by atoms with Crippen LogP contribution in [0.2, 0.25) is 0 Å². The first-order chi connectivity index (χ1) is 34.7. The molecule has 1 amide bonds. The van der Waals surface area contributed by atoms with E-state index in [1.165, 1.54) is 89.9 Å². The van der Waals surface area contributed by atoms with Crippen molar-refractivity contribution in [2.75, 3.05) is 13.2 Å². The van der Waals surface area contributed by atoms with Gasteiger partial charge in [0.25, 0.3) is 0 Å². The third-order valence-corrected chi connectivity index (χ3v) is 13.4. The second-order valence-electron chi connectivity index (χ2n) is 20.0. The SMILES string of the molecule is CCCCC/C=C\C/C=C\CCCCCCCCC(O)C(=O)NC(COC1OC(CO)C(O)C(O)C1OC(=O)CCCCCCCC/C=C/C=C/CCCCC)C(O)/C=C/CCCCCCCCCCC. The van der Waals surface area contributed by atoms with Gasteiger partial charge in [-0.15, -0.1) is 0 Å². The van der Waals surface area contributed by atoms with E-state index in [2.05, 4.69) is 74.7 Å². The van der Waals surface area contributed by atoms with Crippen molar-refractivity contribution in [2.45, 2.75) is 294 Å². The fraction of sp³-hybridized carbons (Fsp3) is 0.800. The number of esters is 1. The maximum atomic E-state index is 13.4. The third kappa shape index (κ3) is 36.9. The van der Waals surface area contributed by atoms with Crippen molar-refractivity contribution in [3.05, 3.63) is 60.8 Å². The van der Waals surface area contributed by atoms with Gasteiger partial charge in [0.1, 0.15) is 24.4 Å². The summed E-state index contributed by atoms with van der Waals surface area (Å²) in [6, 6.07) is -1.03. The number of hydrogen-bond donors (Lipinski definition) is 6. The molecule has 8 unspecified atom stereocenters. The van der Waals surface area contributed by atoms with Gasteiger partial charge in [0.15, 0.2) is 12.4 Å². The Labute approximate surface area is 433 Å². The quantitative estimate of drug-likeness (QED) is 0.0149. The van der Waals surface area contributed by atoms with E-state index in [0.717, 1.165) is 109 Å². The van der Waals surface area contributed by atoms with Gasteiger partial charge >= 0.3 is 5.97 Å². The molecule has 0 spiro atoms. The Balaban J connectivity index is 2.73. The molecule has 0 aromatic heterocycles. The van der Waals surface area contributed by atoms with E-state index in [4.69, 9.17) is 14.2 Å². The summed E-state index contributed by atoms with van der Waals surface area (Å²) in [5, 5.41) is 56.8. The molecule has 11 heteroatoms. The third-order valence-electron chi connectivity index (χ3n) is 13.4. The van der Waals surface area contributed by atoms with Gasteiger partial charge in [-0.2, -0.15) is 0 Å². The molecule has 1 fully saturated rings. The van der Waals surface area contributed by atoms with Gasteiger partial charge < -0.3 is 45.1 Å². The minimum absolute atomic E-state index is 0.108. The summed E-state index contributed by atoms with van der Waals surface area (Å²) in [5.41, 5.74) is 0. The molecular weight excluding hydrogens is 895 g/mol. The van der Waals surface area contributed by atoms with E-state index in [0.29, 0.717) is 12.8 Å². The number of unbranched alkanes of at least 4 members (excludes halogenated alkanes) is 27. The Kier molecular flexibility index (Phi) is 45.2. The molecule has 0 aromatic rings. The van der Waals surface area contributed by atoms with Crippen molar-refractivity contribution >= 4 is 11.9 Å². The molecule has 0 aromatic carbocycles. The average molecular weight is 1000 g/mol. The smallest absolute Gasteiger partial charge is 0.306 e. The van der Waals surface area contributed by atoms with Crippen molar-refractivity contribution < 1.29 is 49.3 Å². The maximum absolute atomic E-state index is 13.4.